The van der Waals surface area contributed by atoms with Crippen LogP contribution in [0.5, 0.6) is 5.75 Å². The van der Waals surface area contributed by atoms with Crippen molar-refractivity contribution < 1.29 is 24.0 Å². The molecule has 0 saturated carbocycles. The van der Waals surface area contributed by atoms with Crippen LogP contribution in [0, 0.1) is 0 Å². The fraction of sp³-hybridized carbons (Fsp3) is 0.286. The minimum atomic E-state index is -0.477. The Morgan fingerprint density at radius 1 is 1.10 bits per heavy atom. The summed E-state index contributed by atoms with van der Waals surface area (Å²) in [6.45, 7) is 3.30. The highest BCUT2D eigenvalue weighted by atomic mass is 35.5. The number of carbonyl (C=O) groups excluding carboxylic acids is 3. The van der Waals surface area contributed by atoms with Gasteiger partial charge in [0.05, 0.1) is 19.8 Å². The van der Waals surface area contributed by atoms with E-state index in [0.717, 1.165) is 0 Å². The summed E-state index contributed by atoms with van der Waals surface area (Å²) < 4.78 is 5.22. The monoisotopic (exact) mass is 418 g/mol. The smallest absolute Gasteiger partial charge is 0.282 e. The van der Waals surface area contributed by atoms with E-state index in [2.05, 4.69) is 10.6 Å². The zero-order chi connectivity index (χ0) is 21.6. The van der Waals surface area contributed by atoms with Gasteiger partial charge in [-0.1, -0.05) is 11.6 Å². The Hall–Kier alpha value is -2.90. The van der Waals surface area contributed by atoms with Crippen LogP contribution in [0.2, 0.25) is 5.02 Å². The third-order valence-corrected chi connectivity index (χ3v) is 4.80. The minimum absolute atomic E-state index is 0.0391. The van der Waals surface area contributed by atoms with Crippen LogP contribution in [-0.2, 0) is 9.59 Å². The molecule has 8 heteroatoms. The third kappa shape index (κ3) is 6.30. The Bertz CT molecular complexity index is 899. The summed E-state index contributed by atoms with van der Waals surface area (Å²) in [7, 11) is 3.27. The Morgan fingerprint density at radius 2 is 1.76 bits per heavy atom. The maximum absolute atomic E-state index is 12.5. The van der Waals surface area contributed by atoms with Gasteiger partial charge in [-0.3, -0.25) is 14.4 Å². The summed E-state index contributed by atoms with van der Waals surface area (Å²) in [6.07, 6.45) is 0. The lowest BCUT2D eigenvalue weighted by Crippen LogP contribution is -3.14. The predicted octanol–water partition coefficient (Wildman–Crippen LogP) is 2.03. The van der Waals surface area contributed by atoms with Crippen LogP contribution in [-0.4, -0.2) is 44.3 Å². The summed E-state index contributed by atoms with van der Waals surface area (Å²) in [5.74, 6) is -0.0392. The van der Waals surface area contributed by atoms with Crippen molar-refractivity contribution in [2.75, 3.05) is 31.3 Å². The van der Waals surface area contributed by atoms with Crippen LogP contribution >= 0.6 is 11.6 Å². The van der Waals surface area contributed by atoms with E-state index in [1.54, 1.807) is 56.4 Å². The van der Waals surface area contributed by atoms with E-state index >= 15 is 0 Å². The topological polar surface area (TPSA) is 88.9 Å². The number of amides is 2. The molecule has 3 N–H and O–H groups in total. The molecule has 29 heavy (non-hydrogen) atoms. The summed E-state index contributed by atoms with van der Waals surface area (Å²) in [4.78, 5) is 36.9. The number of ether oxygens (including phenoxy) is 1. The van der Waals surface area contributed by atoms with Crippen molar-refractivity contribution in [2.45, 2.75) is 19.9 Å². The number of carbonyl (C=O) groups is 3. The SMILES string of the molecule is COc1ccc(Cl)cc1NC(=O)C[NH+](C)[C@H](C)C(=O)Nc1ccc(C(C)=O)cc1. The van der Waals surface area contributed by atoms with E-state index in [9.17, 15) is 14.4 Å². The summed E-state index contributed by atoms with van der Waals surface area (Å²) in [6, 6.07) is 11.1. The number of ketones is 1. The molecule has 0 fully saturated rings. The number of hydrogen-bond acceptors (Lipinski definition) is 4. The number of quaternary nitrogens is 1. The highest BCUT2D eigenvalue weighted by molar-refractivity contribution is 6.31. The molecular weight excluding hydrogens is 394 g/mol. The molecule has 0 saturated heterocycles. The maximum Gasteiger partial charge on any atom is 0.282 e. The number of Topliss-reactive ketones (excluding diaryl/α,β-unsaturated/α-hetero) is 1. The lowest BCUT2D eigenvalue weighted by Gasteiger charge is -2.21. The van der Waals surface area contributed by atoms with E-state index in [-0.39, 0.29) is 24.1 Å². The molecule has 7 nitrogen and oxygen atoms in total. The Kier molecular flexibility index (Phi) is 7.75. The molecular formula is C21H25ClN3O4+. The van der Waals surface area contributed by atoms with Gasteiger partial charge in [0.2, 0.25) is 0 Å². The second kappa shape index (κ2) is 10.0. The van der Waals surface area contributed by atoms with Crippen molar-refractivity contribution in [3.8, 4) is 5.75 Å². The zero-order valence-corrected chi connectivity index (χ0v) is 17.6. The van der Waals surface area contributed by atoms with Crippen LogP contribution in [0.25, 0.3) is 0 Å². The minimum Gasteiger partial charge on any atom is -0.495 e. The molecule has 0 aliphatic carbocycles. The molecule has 0 bridgehead atoms. The number of halogens is 1. The van der Waals surface area contributed by atoms with Crippen molar-refractivity contribution in [1.82, 2.24) is 0 Å². The lowest BCUT2D eigenvalue weighted by molar-refractivity contribution is -0.885. The maximum atomic E-state index is 12.5. The van der Waals surface area contributed by atoms with Crippen LogP contribution in [0.1, 0.15) is 24.2 Å². The quantitative estimate of drug-likeness (QED) is 0.572. The first-order valence-electron chi connectivity index (χ1n) is 9.08. The standard InChI is InChI=1S/C21H24ClN3O4/c1-13(21(28)23-17-8-5-15(6-9-17)14(2)26)25(3)12-20(27)24-18-11-16(22)7-10-19(18)29-4/h5-11,13H,12H2,1-4H3,(H,23,28)(H,24,27)/p+1/t13-/m1/s1. The van der Waals surface area contributed by atoms with Crippen LogP contribution in [0.15, 0.2) is 42.5 Å². The summed E-state index contributed by atoms with van der Waals surface area (Å²) in [5, 5.41) is 6.03. The average Bonchev–Trinajstić information content (AvgIpc) is 2.67. The first kappa shape index (κ1) is 22.4. The molecule has 0 heterocycles. The zero-order valence-electron chi connectivity index (χ0n) is 16.8. The van der Waals surface area contributed by atoms with Crippen molar-refractivity contribution in [1.29, 1.82) is 0 Å². The van der Waals surface area contributed by atoms with Gasteiger partial charge in [-0.25, -0.2) is 0 Å². The number of nitrogens with one attached hydrogen (secondary N) is 3. The molecule has 2 aromatic rings. The number of hydrogen-bond donors (Lipinski definition) is 3. The molecule has 0 radical (unpaired) electrons. The van der Waals surface area contributed by atoms with Crippen LogP contribution in [0.3, 0.4) is 0 Å². The van der Waals surface area contributed by atoms with E-state index in [4.69, 9.17) is 16.3 Å². The highest BCUT2D eigenvalue weighted by Crippen LogP contribution is 2.27. The Morgan fingerprint density at radius 3 is 2.34 bits per heavy atom. The second-order valence-electron chi connectivity index (χ2n) is 6.76. The summed E-state index contributed by atoms with van der Waals surface area (Å²) in [5.41, 5.74) is 1.64. The van der Waals surface area contributed by atoms with Gasteiger partial charge < -0.3 is 20.3 Å². The number of likely N-dealkylation sites (N-methyl/N-ethyl adjacent to an activating group) is 1. The van der Waals surface area contributed by atoms with Gasteiger partial charge in [-0.15, -0.1) is 0 Å². The van der Waals surface area contributed by atoms with E-state index in [1.165, 1.54) is 14.0 Å². The predicted molar refractivity (Wildman–Crippen MR) is 113 cm³/mol. The molecule has 1 unspecified atom stereocenters. The van der Waals surface area contributed by atoms with Gasteiger partial charge in [0.25, 0.3) is 11.8 Å². The number of anilines is 2. The average molecular weight is 419 g/mol. The molecule has 154 valence electrons. The molecule has 2 amide bonds. The third-order valence-electron chi connectivity index (χ3n) is 4.57. The molecule has 0 aliphatic rings. The van der Waals surface area contributed by atoms with Crippen molar-refractivity contribution in [3.63, 3.8) is 0 Å². The lowest BCUT2D eigenvalue weighted by atomic mass is 10.1. The van der Waals surface area contributed by atoms with Crippen LogP contribution in [0.4, 0.5) is 11.4 Å². The van der Waals surface area contributed by atoms with Crippen molar-refractivity contribution in [3.05, 3.63) is 53.1 Å². The Labute approximate surface area is 175 Å². The number of methoxy groups -OCH3 is 1. The van der Waals surface area contributed by atoms with Crippen molar-refractivity contribution in [2.24, 2.45) is 0 Å². The molecule has 0 aromatic heterocycles. The Balaban J connectivity index is 1.94. The van der Waals surface area contributed by atoms with E-state index in [0.29, 0.717) is 32.6 Å². The molecule has 0 spiro atoms. The fourth-order valence-corrected chi connectivity index (χ4v) is 2.81. The highest BCUT2D eigenvalue weighted by Gasteiger charge is 2.24. The summed E-state index contributed by atoms with van der Waals surface area (Å²) >= 11 is 5.98. The first-order valence-corrected chi connectivity index (χ1v) is 9.46. The first-order chi connectivity index (χ1) is 13.7. The molecule has 0 aliphatic heterocycles. The van der Waals surface area contributed by atoms with Gasteiger partial charge in [0.15, 0.2) is 18.4 Å². The molecule has 2 rings (SSSR count). The normalized spacial score (nSPS) is 12.6. The fourth-order valence-electron chi connectivity index (χ4n) is 2.64. The van der Waals surface area contributed by atoms with Crippen LogP contribution < -0.4 is 20.3 Å². The van der Waals surface area contributed by atoms with Gasteiger partial charge in [0, 0.05) is 16.3 Å². The number of rotatable bonds is 8. The van der Waals surface area contributed by atoms with Crippen molar-refractivity contribution >= 4 is 40.6 Å². The number of benzene rings is 2. The molecule has 2 aromatic carbocycles. The van der Waals surface area contributed by atoms with E-state index < -0.39 is 6.04 Å². The molecule has 2 atom stereocenters. The van der Waals surface area contributed by atoms with Gasteiger partial charge in [-0.2, -0.15) is 0 Å². The van der Waals surface area contributed by atoms with Gasteiger partial charge >= 0.3 is 0 Å². The van der Waals surface area contributed by atoms with Gasteiger partial charge in [0.1, 0.15) is 5.75 Å². The van der Waals surface area contributed by atoms with Gasteiger partial charge in [-0.05, 0) is 56.3 Å². The largest absolute Gasteiger partial charge is 0.495 e. The van der Waals surface area contributed by atoms with E-state index in [1.807, 2.05) is 0 Å². The second-order valence-corrected chi connectivity index (χ2v) is 7.20.